The Labute approximate surface area is 92.8 Å². The van der Waals surface area contributed by atoms with Crippen LogP contribution < -0.4 is 5.32 Å². The summed E-state index contributed by atoms with van der Waals surface area (Å²) < 4.78 is 30.0. The molecule has 1 rings (SSSR count). The van der Waals surface area contributed by atoms with Gasteiger partial charge in [0.1, 0.15) is 18.3 Å². The van der Waals surface area contributed by atoms with Crippen molar-refractivity contribution >= 4 is 0 Å². The Bertz CT molecular complexity index is 316. The molecule has 1 N–H and O–H groups in total. The summed E-state index contributed by atoms with van der Waals surface area (Å²) in [5.74, 6) is 1.65. The van der Waals surface area contributed by atoms with Gasteiger partial charge in [0.25, 0.3) is 6.43 Å². The zero-order chi connectivity index (χ0) is 12.0. The molecule has 1 aromatic rings. The number of hydrogen-bond donors (Lipinski definition) is 1. The largest absolute Gasteiger partial charge is 0.374 e. The fourth-order valence-corrected chi connectivity index (χ4v) is 1.12. The molecule has 0 aliphatic carbocycles. The van der Waals surface area contributed by atoms with Crippen LogP contribution in [0.3, 0.4) is 0 Å². The highest BCUT2D eigenvalue weighted by Gasteiger charge is 2.04. The van der Waals surface area contributed by atoms with Gasteiger partial charge in [-0.3, -0.25) is 0 Å². The van der Waals surface area contributed by atoms with Crippen molar-refractivity contribution in [1.82, 2.24) is 20.1 Å². The minimum Gasteiger partial charge on any atom is -0.374 e. The summed E-state index contributed by atoms with van der Waals surface area (Å²) in [6.45, 7) is 2.68. The first-order chi connectivity index (χ1) is 7.61. The zero-order valence-corrected chi connectivity index (χ0v) is 9.41. The van der Waals surface area contributed by atoms with Crippen LogP contribution in [0.15, 0.2) is 0 Å². The van der Waals surface area contributed by atoms with Crippen LogP contribution in [0.5, 0.6) is 0 Å². The van der Waals surface area contributed by atoms with Crippen LogP contribution in [0.4, 0.5) is 8.78 Å². The zero-order valence-electron chi connectivity index (χ0n) is 9.41. The van der Waals surface area contributed by atoms with E-state index in [9.17, 15) is 8.78 Å². The Morgan fingerprint density at radius 1 is 1.44 bits per heavy atom. The standard InChI is InChI=1S/C9H16F2N4O/c1-7-13-14-9(15(7)2)5-12-3-4-16-6-8(10)11/h8,12H,3-6H2,1-2H3. The van der Waals surface area contributed by atoms with E-state index in [1.165, 1.54) is 0 Å². The van der Waals surface area contributed by atoms with Crippen LogP contribution in [0.2, 0.25) is 0 Å². The van der Waals surface area contributed by atoms with Crippen LogP contribution in [0.1, 0.15) is 11.6 Å². The maximum Gasteiger partial charge on any atom is 0.261 e. The third-order valence-corrected chi connectivity index (χ3v) is 2.13. The molecular formula is C9H16F2N4O. The molecular weight excluding hydrogens is 218 g/mol. The number of halogens is 2. The highest BCUT2D eigenvalue weighted by molar-refractivity contribution is 4.91. The van der Waals surface area contributed by atoms with Gasteiger partial charge in [-0.2, -0.15) is 0 Å². The van der Waals surface area contributed by atoms with E-state index in [-0.39, 0.29) is 6.61 Å². The third kappa shape index (κ3) is 4.19. The van der Waals surface area contributed by atoms with Gasteiger partial charge in [-0.25, -0.2) is 8.78 Å². The van der Waals surface area contributed by atoms with Crippen molar-refractivity contribution in [3.8, 4) is 0 Å². The molecule has 7 heteroatoms. The first-order valence-corrected chi connectivity index (χ1v) is 5.02. The smallest absolute Gasteiger partial charge is 0.261 e. The fraction of sp³-hybridized carbons (Fsp3) is 0.778. The molecule has 1 heterocycles. The lowest BCUT2D eigenvalue weighted by atomic mass is 10.5. The molecule has 0 unspecified atom stereocenters. The number of hydrogen-bond acceptors (Lipinski definition) is 4. The van der Waals surface area contributed by atoms with Crippen LogP contribution in [0.25, 0.3) is 0 Å². The predicted molar refractivity (Wildman–Crippen MR) is 54.3 cm³/mol. The van der Waals surface area contributed by atoms with Crippen molar-refractivity contribution in [2.75, 3.05) is 19.8 Å². The van der Waals surface area contributed by atoms with Crippen LogP contribution in [-0.4, -0.2) is 40.9 Å². The average molecular weight is 234 g/mol. The highest BCUT2D eigenvalue weighted by Crippen LogP contribution is 1.96. The summed E-state index contributed by atoms with van der Waals surface area (Å²) in [6.07, 6.45) is -2.40. The van der Waals surface area contributed by atoms with E-state index >= 15 is 0 Å². The van der Waals surface area contributed by atoms with Crippen molar-refractivity contribution in [1.29, 1.82) is 0 Å². The number of ether oxygens (including phenoxy) is 1. The quantitative estimate of drug-likeness (QED) is 0.698. The second-order valence-corrected chi connectivity index (χ2v) is 3.37. The van der Waals surface area contributed by atoms with Crippen molar-refractivity contribution < 1.29 is 13.5 Å². The summed E-state index contributed by atoms with van der Waals surface area (Å²) in [5, 5.41) is 10.9. The Balaban J connectivity index is 2.10. The molecule has 1 aromatic heterocycles. The summed E-state index contributed by atoms with van der Waals surface area (Å²) >= 11 is 0. The molecule has 0 saturated heterocycles. The number of nitrogens with one attached hydrogen (secondary N) is 1. The predicted octanol–water partition coefficient (Wildman–Crippen LogP) is 0.495. The molecule has 0 aromatic carbocycles. The molecule has 5 nitrogen and oxygen atoms in total. The number of aromatic nitrogens is 3. The van der Waals surface area contributed by atoms with E-state index in [0.717, 1.165) is 11.6 Å². The van der Waals surface area contributed by atoms with Gasteiger partial charge in [-0.1, -0.05) is 0 Å². The van der Waals surface area contributed by atoms with E-state index in [4.69, 9.17) is 4.74 Å². The SMILES string of the molecule is Cc1nnc(CNCCOCC(F)F)n1C. The summed E-state index contributed by atoms with van der Waals surface area (Å²) in [4.78, 5) is 0. The molecule has 16 heavy (non-hydrogen) atoms. The molecule has 0 atom stereocenters. The normalized spacial score (nSPS) is 11.3. The van der Waals surface area contributed by atoms with Gasteiger partial charge in [0.15, 0.2) is 0 Å². The molecule has 0 fully saturated rings. The van der Waals surface area contributed by atoms with Crippen molar-refractivity contribution in [3.63, 3.8) is 0 Å². The van der Waals surface area contributed by atoms with E-state index in [1.54, 1.807) is 0 Å². The van der Waals surface area contributed by atoms with Gasteiger partial charge < -0.3 is 14.6 Å². The minimum atomic E-state index is -2.40. The Morgan fingerprint density at radius 2 is 2.19 bits per heavy atom. The maximum atomic E-state index is 11.7. The second-order valence-electron chi connectivity index (χ2n) is 3.37. The number of alkyl halides is 2. The fourth-order valence-electron chi connectivity index (χ4n) is 1.12. The van der Waals surface area contributed by atoms with Gasteiger partial charge >= 0.3 is 0 Å². The lowest BCUT2D eigenvalue weighted by Gasteiger charge is -2.05. The lowest BCUT2D eigenvalue weighted by molar-refractivity contribution is 0.0186. The highest BCUT2D eigenvalue weighted by atomic mass is 19.3. The van der Waals surface area contributed by atoms with Gasteiger partial charge in [0.2, 0.25) is 0 Å². The van der Waals surface area contributed by atoms with Crippen LogP contribution in [-0.2, 0) is 18.3 Å². The minimum absolute atomic E-state index is 0.265. The molecule has 0 amide bonds. The number of aryl methyl sites for hydroxylation is 1. The Morgan fingerprint density at radius 3 is 2.75 bits per heavy atom. The molecule has 0 radical (unpaired) electrons. The van der Waals surface area contributed by atoms with E-state index in [0.29, 0.717) is 13.1 Å². The van der Waals surface area contributed by atoms with Crippen molar-refractivity contribution in [2.24, 2.45) is 7.05 Å². The van der Waals surface area contributed by atoms with Gasteiger partial charge in [-0.05, 0) is 6.92 Å². The van der Waals surface area contributed by atoms with Crippen molar-refractivity contribution in [3.05, 3.63) is 11.6 Å². The van der Waals surface area contributed by atoms with Gasteiger partial charge in [0.05, 0.1) is 13.2 Å². The van der Waals surface area contributed by atoms with Gasteiger partial charge in [0, 0.05) is 13.6 Å². The lowest BCUT2D eigenvalue weighted by Crippen LogP contribution is -2.22. The number of nitrogens with zero attached hydrogens (tertiary/aromatic N) is 3. The molecule has 0 aliphatic rings. The number of rotatable bonds is 7. The molecule has 0 spiro atoms. The molecule has 92 valence electrons. The van der Waals surface area contributed by atoms with E-state index in [1.807, 2.05) is 18.5 Å². The first-order valence-electron chi connectivity index (χ1n) is 5.02. The van der Waals surface area contributed by atoms with Gasteiger partial charge in [-0.15, -0.1) is 10.2 Å². The third-order valence-electron chi connectivity index (χ3n) is 2.13. The Hall–Kier alpha value is -1.08. The second kappa shape index (κ2) is 6.49. The molecule has 0 aliphatic heterocycles. The Kier molecular flexibility index (Phi) is 5.27. The molecule has 0 saturated carbocycles. The topological polar surface area (TPSA) is 52.0 Å². The first kappa shape index (κ1) is 13.0. The van der Waals surface area contributed by atoms with E-state index < -0.39 is 13.0 Å². The van der Waals surface area contributed by atoms with Crippen molar-refractivity contribution in [2.45, 2.75) is 19.9 Å². The summed E-state index contributed by atoms with van der Waals surface area (Å²) in [5.41, 5.74) is 0. The summed E-state index contributed by atoms with van der Waals surface area (Å²) in [6, 6.07) is 0. The molecule has 0 bridgehead atoms. The summed E-state index contributed by atoms with van der Waals surface area (Å²) in [7, 11) is 1.87. The monoisotopic (exact) mass is 234 g/mol. The maximum absolute atomic E-state index is 11.7. The van der Waals surface area contributed by atoms with Crippen LogP contribution in [0, 0.1) is 6.92 Å². The van der Waals surface area contributed by atoms with E-state index in [2.05, 4.69) is 15.5 Å². The van der Waals surface area contributed by atoms with Crippen LogP contribution >= 0.6 is 0 Å². The average Bonchev–Trinajstić information content (AvgIpc) is 2.54.